The third-order valence-corrected chi connectivity index (χ3v) is 13.0. The van der Waals surface area contributed by atoms with Crippen molar-refractivity contribution >= 4 is 67.0 Å². The van der Waals surface area contributed by atoms with E-state index in [4.69, 9.17) is 9.97 Å². The fourth-order valence-electron chi connectivity index (χ4n) is 9.11. The van der Waals surface area contributed by atoms with Crippen LogP contribution < -0.4 is 0 Å². The second kappa shape index (κ2) is 13.8. The maximum atomic E-state index is 5.37. The predicted molar refractivity (Wildman–Crippen MR) is 252 cm³/mol. The highest BCUT2D eigenvalue weighted by Crippen LogP contribution is 2.47. The van der Waals surface area contributed by atoms with Gasteiger partial charge in [0.05, 0.1) is 33.5 Å². The van der Waals surface area contributed by atoms with Gasteiger partial charge in [0, 0.05) is 48.2 Å². The van der Waals surface area contributed by atoms with E-state index >= 15 is 0 Å². The number of allylic oxidation sites excluding steroid dienone is 6. The first kappa shape index (κ1) is 34.6. The molecule has 1 aliphatic carbocycles. The topological polar surface area (TPSA) is 35.6 Å². The lowest BCUT2D eigenvalue weighted by Gasteiger charge is -2.20. The van der Waals surface area contributed by atoms with Gasteiger partial charge in [-0.05, 0) is 94.9 Å². The Morgan fingerprint density at radius 1 is 0.517 bits per heavy atom. The van der Waals surface area contributed by atoms with Gasteiger partial charge in [-0.1, -0.05) is 152 Å². The van der Waals surface area contributed by atoms with E-state index in [9.17, 15) is 0 Å². The molecule has 10 aromatic rings. The highest BCUT2D eigenvalue weighted by atomic mass is 32.2. The fourth-order valence-corrected chi connectivity index (χ4v) is 10.2. The van der Waals surface area contributed by atoms with Crippen molar-refractivity contribution in [3.05, 3.63) is 206 Å². The van der Waals surface area contributed by atoms with Gasteiger partial charge in [-0.15, -0.1) is 0 Å². The Kier molecular flexibility index (Phi) is 7.97. The van der Waals surface area contributed by atoms with Crippen molar-refractivity contribution < 1.29 is 0 Å². The van der Waals surface area contributed by atoms with Crippen LogP contribution in [0.15, 0.2) is 204 Å². The van der Waals surface area contributed by atoms with Gasteiger partial charge in [0.2, 0.25) is 5.95 Å². The molecule has 2 aliphatic rings. The molecule has 3 aromatic heterocycles. The number of para-hydroxylation sites is 1. The molecule has 0 unspecified atom stereocenters. The number of hydrogen-bond acceptors (Lipinski definition) is 3. The Morgan fingerprint density at radius 2 is 1.22 bits per heavy atom. The van der Waals surface area contributed by atoms with Crippen LogP contribution in [0.3, 0.4) is 0 Å². The monoisotopic (exact) mass is 784 g/mol. The van der Waals surface area contributed by atoms with Crippen LogP contribution in [0.2, 0.25) is 0 Å². The molecule has 0 spiro atoms. The molecular formula is C55H36N4S. The summed E-state index contributed by atoms with van der Waals surface area (Å²) in [6.07, 6.45) is 13.9. The van der Waals surface area contributed by atoms with Crippen molar-refractivity contribution in [2.45, 2.75) is 16.2 Å². The largest absolute Gasteiger partial charge is 0.309 e. The summed E-state index contributed by atoms with van der Waals surface area (Å²) in [6.45, 7) is 4.60. The lowest BCUT2D eigenvalue weighted by molar-refractivity contribution is 1.01. The lowest BCUT2D eigenvalue weighted by atomic mass is 9.99. The van der Waals surface area contributed by atoms with Crippen LogP contribution in [0.25, 0.3) is 100 Å². The van der Waals surface area contributed by atoms with Crippen LogP contribution >= 0.6 is 11.8 Å². The molecule has 0 radical (unpaired) electrons. The summed E-state index contributed by atoms with van der Waals surface area (Å²) in [7, 11) is 0. The number of aromatic nitrogens is 4. The van der Waals surface area contributed by atoms with Gasteiger partial charge in [0.15, 0.2) is 0 Å². The molecule has 7 aromatic carbocycles. The standard InChI is InChI=1S/C55H36N4S/c1-35-15-6-3-2-4-9-19-42-45-34-39(27-31-48(45)58(54(35)42)40-29-25-37(26-30-40)36-16-7-5-8-17-36)38-28-32-49-44(33-38)41-18-10-12-22-47(41)59(49)55-56-46-21-14-24-51-52(46)53(57-55)43-20-11-13-23-50(43)60-51/h2-3,5-34H,1,4H2/b3-2-,15-6-,19-9-. The molecule has 0 fully saturated rings. The van der Waals surface area contributed by atoms with E-state index in [2.05, 4.69) is 210 Å². The predicted octanol–water partition coefficient (Wildman–Crippen LogP) is 14.7. The normalized spacial score (nSPS) is 15.0. The van der Waals surface area contributed by atoms with Gasteiger partial charge in [-0.25, -0.2) is 9.97 Å². The minimum Gasteiger partial charge on any atom is -0.309 e. The second-order valence-electron chi connectivity index (χ2n) is 15.4. The Labute approximate surface area is 351 Å². The third kappa shape index (κ3) is 5.47. The third-order valence-electron chi connectivity index (χ3n) is 11.9. The van der Waals surface area contributed by atoms with Crippen molar-refractivity contribution in [2.24, 2.45) is 0 Å². The minimum atomic E-state index is 0.677. The first-order valence-corrected chi connectivity index (χ1v) is 21.1. The maximum absolute atomic E-state index is 5.37. The van der Waals surface area contributed by atoms with E-state index in [0.717, 1.165) is 78.6 Å². The summed E-state index contributed by atoms with van der Waals surface area (Å²) < 4.78 is 4.61. The highest BCUT2D eigenvalue weighted by Gasteiger charge is 2.24. The smallest absolute Gasteiger partial charge is 0.235 e. The van der Waals surface area contributed by atoms with E-state index in [0.29, 0.717) is 5.95 Å². The zero-order valence-corrected chi connectivity index (χ0v) is 33.4. The molecule has 4 nitrogen and oxygen atoms in total. The summed E-state index contributed by atoms with van der Waals surface area (Å²) in [5, 5.41) is 4.63. The van der Waals surface area contributed by atoms with E-state index < -0.39 is 0 Å². The molecule has 5 heteroatoms. The Balaban J connectivity index is 1.03. The molecule has 0 saturated heterocycles. The van der Waals surface area contributed by atoms with Crippen LogP contribution in [0.4, 0.5) is 0 Å². The fraction of sp³-hybridized carbons (Fsp3) is 0.0182. The summed E-state index contributed by atoms with van der Waals surface area (Å²) in [5.74, 6) is 0.677. The molecule has 60 heavy (non-hydrogen) atoms. The van der Waals surface area contributed by atoms with Gasteiger partial charge in [0.25, 0.3) is 0 Å². The van der Waals surface area contributed by atoms with Crippen molar-refractivity contribution in [3.63, 3.8) is 0 Å². The molecule has 0 amide bonds. The number of fused-ring (bicyclic) bond motifs is 8. The van der Waals surface area contributed by atoms with Crippen molar-refractivity contribution in [3.8, 4) is 45.1 Å². The quantitative estimate of drug-likeness (QED) is 0.178. The van der Waals surface area contributed by atoms with E-state index in [1.165, 1.54) is 37.3 Å². The second-order valence-corrected chi connectivity index (χ2v) is 16.5. The SMILES string of the molecule is C=C1/C=C\C=C/C/C=C\c2c1n(-c1ccc(-c3ccccc3)cc1)c1ccc(-c3ccc4c(c3)c3ccccc3n4-c3nc4c5c(cccc5n3)Sc3ccccc3-4)cc21. The average molecular weight is 785 g/mol. The zero-order chi connectivity index (χ0) is 39.7. The molecule has 0 N–H and O–H groups in total. The van der Waals surface area contributed by atoms with Crippen molar-refractivity contribution in [2.75, 3.05) is 0 Å². The van der Waals surface area contributed by atoms with Crippen LogP contribution in [-0.4, -0.2) is 19.1 Å². The molecule has 4 heterocycles. The van der Waals surface area contributed by atoms with Crippen LogP contribution in [0.5, 0.6) is 0 Å². The highest BCUT2D eigenvalue weighted by molar-refractivity contribution is 7.99. The number of nitrogens with zero attached hydrogens (tertiary/aromatic N) is 4. The Hall–Kier alpha value is -7.47. The number of hydrogen-bond donors (Lipinski definition) is 0. The molecule has 0 atom stereocenters. The first-order chi connectivity index (χ1) is 29.7. The molecule has 12 rings (SSSR count). The number of benzene rings is 7. The first-order valence-electron chi connectivity index (χ1n) is 20.3. The van der Waals surface area contributed by atoms with E-state index in [1.807, 2.05) is 0 Å². The summed E-state index contributed by atoms with van der Waals surface area (Å²) >= 11 is 1.79. The summed E-state index contributed by atoms with van der Waals surface area (Å²) in [4.78, 5) is 13.0. The maximum Gasteiger partial charge on any atom is 0.235 e. The van der Waals surface area contributed by atoms with Gasteiger partial charge >= 0.3 is 0 Å². The summed E-state index contributed by atoms with van der Waals surface area (Å²) in [5.41, 5.74) is 15.4. The summed E-state index contributed by atoms with van der Waals surface area (Å²) in [6, 6.07) is 56.7. The van der Waals surface area contributed by atoms with Crippen molar-refractivity contribution in [1.82, 2.24) is 19.1 Å². The van der Waals surface area contributed by atoms with Gasteiger partial charge in [0.1, 0.15) is 0 Å². The molecule has 282 valence electrons. The number of rotatable bonds is 4. The van der Waals surface area contributed by atoms with Gasteiger partial charge in [-0.3, -0.25) is 4.57 Å². The Bertz CT molecular complexity index is 3490. The van der Waals surface area contributed by atoms with E-state index in [1.54, 1.807) is 11.8 Å². The molecule has 1 aliphatic heterocycles. The zero-order valence-electron chi connectivity index (χ0n) is 32.6. The molecule has 0 saturated carbocycles. The molecule has 0 bridgehead atoms. The minimum absolute atomic E-state index is 0.677. The Morgan fingerprint density at radius 3 is 2.08 bits per heavy atom. The van der Waals surface area contributed by atoms with Gasteiger partial charge < -0.3 is 4.57 Å². The average Bonchev–Trinajstić information content (AvgIpc) is 3.81. The van der Waals surface area contributed by atoms with Gasteiger partial charge in [-0.2, -0.15) is 0 Å². The van der Waals surface area contributed by atoms with Crippen LogP contribution in [0.1, 0.15) is 17.7 Å². The molecular weight excluding hydrogens is 749 g/mol. The van der Waals surface area contributed by atoms with Crippen LogP contribution in [-0.2, 0) is 0 Å². The lowest BCUT2D eigenvalue weighted by Crippen LogP contribution is -2.05. The van der Waals surface area contributed by atoms with E-state index in [-0.39, 0.29) is 0 Å². The van der Waals surface area contributed by atoms with Crippen molar-refractivity contribution in [1.29, 1.82) is 0 Å². The van der Waals surface area contributed by atoms with Crippen LogP contribution in [0, 0.1) is 0 Å².